The molecule has 42 heavy (non-hydrogen) atoms. The number of aryl methyl sites for hydroxylation is 2. The molecule has 0 amide bonds. The molecule has 0 atom stereocenters. The molecule has 0 unspecified atom stereocenters. The molecule has 0 heterocycles. The van der Waals surface area contributed by atoms with E-state index in [-0.39, 0.29) is 0 Å². The summed E-state index contributed by atoms with van der Waals surface area (Å²) in [5, 5.41) is 8.32. The maximum absolute atomic E-state index is 4.71. The number of benzene rings is 5. The summed E-state index contributed by atoms with van der Waals surface area (Å²) >= 11 is 0. The van der Waals surface area contributed by atoms with Crippen molar-refractivity contribution in [2.45, 2.75) is 25.7 Å². The van der Waals surface area contributed by atoms with Crippen LogP contribution in [-0.4, -0.2) is 0 Å². The van der Waals surface area contributed by atoms with E-state index in [4.69, 9.17) is 6.58 Å². The summed E-state index contributed by atoms with van der Waals surface area (Å²) in [5.41, 5.74) is 5.21. The van der Waals surface area contributed by atoms with Crippen molar-refractivity contribution in [3.63, 3.8) is 0 Å². The fraction of sp³-hybridized carbons (Fsp3) is 0.100. The van der Waals surface area contributed by atoms with Gasteiger partial charge in [0.15, 0.2) is 0 Å². The molecule has 0 saturated heterocycles. The normalized spacial score (nSPS) is 15.2. The van der Waals surface area contributed by atoms with Gasteiger partial charge in [-0.3, -0.25) is 0 Å². The van der Waals surface area contributed by atoms with E-state index in [1.165, 1.54) is 54.1 Å². The second-order valence-corrected chi connectivity index (χ2v) is 15.1. The van der Waals surface area contributed by atoms with Crippen molar-refractivity contribution in [1.29, 1.82) is 0 Å². The van der Waals surface area contributed by atoms with Crippen molar-refractivity contribution in [3.05, 3.63) is 186 Å². The molecule has 0 nitrogen and oxygen atoms in total. The maximum atomic E-state index is 4.71. The van der Waals surface area contributed by atoms with Gasteiger partial charge in [-0.15, -0.1) is 0 Å². The summed E-state index contributed by atoms with van der Waals surface area (Å²) in [6, 6.07) is 51.2. The van der Waals surface area contributed by atoms with Gasteiger partial charge in [0.25, 0.3) is 0 Å². The molecule has 0 aromatic heterocycles. The average Bonchev–Trinajstić information content (AvgIpc) is 3.04. The zero-order valence-electron chi connectivity index (χ0n) is 24.0. The van der Waals surface area contributed by atoms with Gasteiger partial charge < -0.3 is 0 Å². The third kappa shape index (κ3) is 6.47. The van der Waals surface area contributed by atoms with Gasteiger partial charge in [-0.1, -0.05) is 164 Å². The summed E-state index contributed by atoms with van der Waals surface area (Å²) < 4.78 is 0. The largest absolute Gasteiger partial charge is 0.0958 e. The highest BCUT2D eigenvalue weighted by atomic mass is 31.1. The molecule has 7 rings (SSSR count). The Labute approximate surface area is 253 Å². The van der Waals surface area contributed by atoms with Crippen LogP contribution < -0.4 is 26.5 Å². The van der Waals surface area contributed by atoms with E-state index in [1.807, 2.05) is 0 Å². The summed E-state index contributed by atoms with van der Waals surface area (Å²) in [7, 11) is -1.40. The molecule has 2 aliphatic carbocycles. The zero-order valence-corrected chi connectivity index (χ0v) is 25.8. The summed E-state index contributed by atoms with van der Waals surface area (Å²) in [6.07, 6.45) is 6.15. The van der Waals surface area contributed by atoms with E-state index < -0.39 is 15.8 Å². The van der Waals surface area contributed by atoms with E-state index in [0.29, 0.717) is 0 Å². The van der Waals surface area contributed by atoms with Gasteiger partial charge in [-0.2, -0.15) is 0 Å². The number of rotatable bonds is 6. The lowest BCUT2D eigenvalue weighted by Crippen LogP contribution is -2.24. The molecule has 0 aliphatic heterocycles. The third-order valence-electron chi connectivity index (χ3n) is 7.82. The standard InChI is InChI=1S/C40H36P2/c1-31-23-27-34-28-26-33(30-40(34)42(37-19-11-5-12-20-37)38-21-13-6-14-22-38)25-24-32(2)39(29-31)41(35-15-7-3-8-16-35)36-17-9-4-10-18-36/h3-22,26,28-30H,1-2,23-25,27H2/b39-29+. The molecule has 2 heteroatoms. The summed E-state index contributed by atoms with van der Waals surface area (Å²) in [4.78, 5) is 0. The van der Waals surface area contributed by atoms with Gasteiger partial charge in [-0.25, -0.2) is 0 Å². The molecule has 0 radical (unpaired) electrons. The van der Waals surface area contributed by atoms with Crippen molar-refractivity contribution < 1.29 is 0 Å². The molecule has 0 fully saturated rings. The second-order valence-electron chi connectivity index (χ2n) is 10.8. The SMILES string of the molecule is C=C1/C=C(/P(c2ccccc2)c2ccccc2)C(=C)CCc2ccc(c(P(c3ccccc3)c3ccccc3)c2)CC1. The zero-order chi connectivity index (χ0) is 28.7. The quantitative estimate of drug-likeness (QED) is 0.177. The Bertz CT molecular complexity index is 1610. The molecule has 0 saturated carbocycles. The Balaban J connectivity index is 1.41. The molecule has 206 valence electrons. The topological polar surface area (TPSA) is 0 Å². The average molecular weight is 579 g/mol. The summed E-state index contributed by atoms with van der Waals surface area (Å²) in [5.74, 6) is 0. The van der Waals surface area contributed by atoms with Crippen LogP contribution >= 0.6 is 15.8 Å². The lowest BCUT2D eigenvalue weighted by Gasteiger charge is -2.26. The summed E-state index contributed by atoms with van der Waals surface area (Å²) in [6.45, 7) is 9.31. The van der Waals surface area contributed by atoms with Crippen LogP contribution in [0.15, 0.2) is 175 Å². The molecule has 0 N–H and O–H groups in total. The van der Waals surface area contributed by atoms with E-state index >= 15 is 0 Å². The Morgan fingerprint density at radius 1 is 0.452 bits per heavy atom. The van der Waals surface area contributed by atoms with Crippen molar-refractivity contribution >= 4 is 42.4 Å². The molecule has 5 aromatic rings. The first-order valence-corrected chi connectivity index (χ1v) is 17.4. The highest BCUT2D eigenvalue weighted by molar-refractivity contribution is 7.80. The van der Waals surface area contributed by atoms with Crippen molar-refractivity contribution in [2.24, 2.45) is 0 Å². The Kier molecular flexibility index (Phi) is 9.06. The van der Waals surface area contributed by atoms with Crippen LogP contribution in [0.5, 0.6) is 0 Å². The third-order valence-corrected chi connectivity index (χ3v) is 12.9. The lowest BCUT2D eigenvalue weighted by atomic mass is 9.98. The monoisotopic (exact) mass is 578 g/mol. The first kappa shape index (κ1) is 28.3. The number of hydrogen-bond acceptors (Lipinski definition) is 0. The number of fused-ring (bicyclic) bond motifs is 8. The number of allylic oxidation sites excluding steroid dienone is 4. The van der Waals surface area contributed by atoms with E-state index in [2.05, 4.69) is 152 Å². The Morgan fingerprint density at radius 3 is 1.43 bits per heavy atom. The van der Waals surface area contributed by atoms with Crippen molar-refractivity contribution in [1.82, 2.24) is 0 Å². The van der Waals surface area contributed by atoms with Crippen LogP contribution in [0.25, 0.3) is 0 Å². The molecular formula is C40H36P2. The van der Waals surface area contributed by atoms with Gasteiger partial charge in [-0.05, 0) is 90.1 Å². The van der Waals surface area contributed by atoms with Crippen LogP contribution in [0.1, 0.15) is 24.0 Å². The van der Waals surface area contributed by atoms with Gasteiger partial charge in [0, 0.05) is 0 Å². The maximum Gasteiger partial charge on any atom is -0.0116 e. The van der Waals surface area contributed by atoms with Gasteiger partial charge in [0.05, 0.1) is 0 Å². The van der Waals surface area contributed by atoms with Crippen LogP contribution in [0.4, 0.5) is 0 Å². The first-order valence-electron chi connectivity index (χ1n) is 14.7. The first-order chi connectivity index (χ1) is 20.7. The smallest absolute Gasteiger partial charge is 0.0116 e. The molecular weight excluding hydrogens is 542 g/mol. The predicted molar refractivity (Wildman–Crippen MR) is 187 cm³/mol. The van der Waals surface area contributed by atoms with Gasteiger partial charge >= 0.3 is 0 Å². The van der Waals surface area contributed by atoms with Gasteiger partial charge in [0.1, 0.15) is 0 Å². The van der Waals surface area contributed by atoms with Crippen LogP contribution in [0.2, 0.25) is 0 Å². The lowest BCUT2D eigenvalue weighted by molar-refractivity contribution is 0.940. The van der Waals surface area contributed by atoms with E-state index in [0.717, 1.165) is 25.7 Å². The highest BCUT2D eigenvalue weighted by Crippen LogP contribution is 2.48. The predicted octanol–water partition coefficient (Wildman–Crippen LogP) is 8.45. The van der Waals surface area contributed by atoms with E-state index in [9.17, 15) is 0 Å². The second kappa shape index (κ2) is 13.4. The molecule has 5 aromatic carbocycles. The fourth-order valence-electron chi connectivity index (χ4n) is 5.66. The minimum atomic E-state index is -0.732. The Hall–Kier alpha value is -3.82. The molecule has 2 aliphatic rings. The van der Waals surface area contributed by atoms with Crippen molar-refractivity contribution in [2.75, 3.05) is 0 Å². The van der Waals surface area contributed by atoms with Gasteiger partial charge in [0.2, 0.25) is 0 Å². The fourth-order valence-corrected chi connectivity index (χ4v) is 10.8. The van der Waals surface area contributed by atoms with E-state index in [1.54, 1.807) is 0 Å². The van der Waals surface area contributed by atoms with Crippen LogP contribution in [-0.2, 0) is 12.8 Å². The van der Waals surface area contributed by atoms with Crippen LogP contribution in [0.3, 0.4) is 0 Å². The van der Waals surface area contributed by atoms with Crippen LogP contribution in [0, 0.1) is 0 Å². The van der Waals surface area contributed by atoms with Crippen molar-refractivity contribution in [3.8, 4) is 0 Å². The molecule has 2 bridgehead atoms. The number of hydrogen-bond donors (Lipinski definition) is 0. The Morgan fingerprint density at radius 2 is 0.929 bits per heavy atom. The highest BCUT2D eigenvalue weighted by Gasteiger charge is 2.23. The minimum Gasteiger partial charge on any atom is -0.0958 e. The molecule has 0 spiro atoms. The minimum absolute atomic E-state index is 0.666.